The number of ether oxygens (including phenoxy) is 3. The highest BCUT2D eigenvalue weighted by Gasteiger charge is 2.22. The van der Waals surface area contributed by atoms with Crippen LogP contribution >= 0.6 is 0 Å². The van der Waals surface area contributed by atoms with Gasteiger partial charge in [-0.15, -0.1) is 0 Å². The molecule has 0 N–H and O–H groups in total. The molecule has 8 nitrogen and oxygen atoms in total. The second kappa shape index (κ2) is 8.92. The van der Waals surface area contributed by atoms with Gasteiger partial charge in [-0.1, -0.05) is 24.8 Å². The van der Waals surface area contributed by atoms with Crippen LogP contribution in [-0.4, -0.2) is 36.2 Å². The topological polar surface area (TPSA) is 91.1 Å². The molecule has 0 spiro atoms. The third-order valence-electron chi connectivity index (χ3n) is 4.21. The summed E-state index contributed by atoms with van der Waals surface area (Å²) < 4.78 is 15.8. The minimum atomic E-state index is -0.522. The van der Waals surface area contributed by atoms with Crippen molar-refractivity contribution in [1.82, 2.24) is 4.90 Å². The molecule has 150 valence electrons. The van der Waals surface area contributed by atoms with Crippen molar-refractivity contribution in [1.29, 1.82) is 0 Å². The van der Waals surface area contributed by atoms with Crippen molar-refractivity contribution in [3.8, 4) is 17.2 Å². The van der Waals surface area contributed by atoms with Gasteiger partial charge in [0.1, 0.15) is 12.4 Å². The molecule has 29 heavy (non-hydrogen) atoms. The first-order valence-electron chi connectivity index (χ1n) is 8.82. The summed E-state index contributed by atoms with van der Waals surface area (Å²) in [6.45, 7) is 4.42. The Morgan fingerprint density at radius 1 is 1.28 bits per heavy atom. The summed E-state index contributed by atoms with van der Waals surface area (Å²) in [5, 5.41) is 11.3. The van der Waals surface area contributed by atoms with E-state index in [-0.39, 0.29) is 24.0 Å². The third kappa shape index (κ3) is 4.92. The molecule has 0 aliphatic carbocycles. The van der Waals surface area contributed by atoms with Crippen LogP contribution in [0.2, 0.25) is 0 Å². The van der Waals surface area contributed by atoms with Gasteiger partial charge in [0, 0.05) is 19.7 Å². The first-order chi connectivity index (χ1) is 14.0. The van der Waals surface area contributed by atoms with Crippen LogP contribution < -0.4 is 14.2 Å². The minimum absolute atomic E-state index is 0.0126. The monoisotopic (exact) mass is 396 g/mol. The van der Waals surface area contributed by atoms with E-state index in [1.165, 1.54) is 29.2 Å². The molecule has 1 aliphatic rings. The van der Waals surface area contributed by atoms with Crippen LogP contribution in [-0.2, 0) is 11.3 Å². The maximum atomic E-state index is 12.4. The van der Waals surface area contributed by atoms with Crippen LogP contribution in [0.15, 0.2) is 55.1 Å². The number of nitrogens with zero attached hydrogens (tertiary/aromatic N) is 2. The number of rotatable bonds is 8. The molecule has 0 saturated heterocycles. The molecule has 1 amide bonds. The molecule has 0 saturated carbocycles. The lowest BCUT2D eigenvalue weighted by molar-refractivity contribution is -0.385. The molecule has 0 radical (unpaired) electrons. The van der Waals surface area contributed by atoms with E-state index in [1.54, 1.807) is 13.1 Å². The smallest absolute Gasteiger partial charge is 0.280 e. The van der Waals surface area contributed by atoms with Crippen LogP contribution in [0.25, 0.3) is 6.08 Å². The van der Waals surface area contributed by atoms with Crippen molar-refractivity contribution < 1.29 is 23.9 Å². The lowest BCUT2D eigenvalue weighted by atomic mass is 10.1. The summed E-state index contributed by atoms with van der Waals surface area (Å²) in [6.07, 6.45) is 4.37. The zero-order chi connectivity index (χ0) is 20.8. The van der Waals surface area contributed by atoms with Crippen molar-refractivity contribution in [2.45, 2.75) is 6.54 Å². The van der Waals surface area contributed by atoms with Crippen molar-refractivity contribution in [3.05, 3.63) is 76.4 Å². The molecule has 0 bridgehead atoms. The van der Waals surface area contributed by atoms with Gasteiger partial charge >= 0.3 is 0 Å². The first kappa shape index (κ1) is 19.9. The Labute approximate surface area is 167 Å². The van der Waals surface area contributed by atoms with Gasteiger partial charge in [-0.3, -0.25) is 14.9 Å². The minimum Gasteiger partial charge on any atom is -0.490 e. The average molecular weight is 396 g/mol. The summed E-state index contributed by atoms with van der Waals surface area (Å²) in [7, 11) is 1.66. The summed E-state index contributed by atoms with van der Waals surface area (Å²) >= 11 is 0. The Balaban J connectivity index is 1.67. The second-order valence-electron chi connectivity index (χ2n) is 6.29. The molecular formula is C21H20N2O6. The van der Waals surface area contributed by atoms with E-state index in [0.717, 1.165) is 11.3 Å². The van der Waals surface area contributed by atoms with E-state index in [2.05, 4.69) is 6.58 Å². The normalized spacial score (nSPS) is 12.0. The predicted molar refractivity (Wildman–Crippen MR) is 107 cm³/mol. The third-order valence-corrected chi connectivity index (χ3v) is 4.21. The molecule has 8 heteroatoms. The Morgan fingerprint density at radius 2 is 1.97 bits per heavy atom. The quantitative estimate of drug-likeness (QED) is 0.293. The Morgan fingerprint density at radius 3 is 2.62 bits per heavy atom. The van der Waals surface area contributed by atoms with Gasteiger partial charge in [-0.2, -0.15) is 0 Å². The summed E-state index contributed by atoms with van der Waals surface area (Å²) in [6, 6.07) is 10.2. The fraction of sp³-hybridized carbons (Fsp3) is 0.190. The zero-order valence-electron chi connectivity index (χ0n) is 15.9. The van der Waals surface area contributed by atoms with E-state index in [1.807, 2.05) is 24.3 Å². The van der Waals surface area contributed by atoms with Crippen LogP contribution in [0.3, 0.4) is 0 Å². The van der Waals surface area contributed by atoms with E-state index in [0.29, 0.717) is 24.7 Å². The molecule has 3 rings (SSSR count). The number of hydrogen-bond donors (Lipinski definition) is 0. The molecule has 0 aromatic heterocycles. The zero-order valence-corrected chi connectivity index (χ0v) is 15.9. The lowest BCUT2D eigenvalue weighted by Gasteiger charge is -2.15. The number of nitro groups is 1. The van der Waals surface area contributed by atoms with E-state index in [9.17, 15) is 14.9 Å². The van der Waals surface area contributed by atoms with Crippen LogP contribution in [0.5, 0.6) is 17.2 Å². The maximum Gasteiger partial charge on any atom is 0.280 e. The first-order valence-corrected chi connectivity index (χ1v) is 8.82. The van der Waals surface area contributed by atoms with Crippen molar-refractivity contribution >= 4 is 17.7 Å². The molecule has 1 aliphatic heterocycles. The molecule has 0 fully saturated rings. The average Bonchev–Trinajstić information content (AvgIpc) is 3.18. The van der Waals surface area contributed by atoms with Gasteiger partial charge < -0.3 is 19.1 Å². The Kier molecular flexibility index (Phi) is 6.13. The van der Waals surface area contributed by atoms with Gasteiger partial charge in [-0.05, 0) is 29.8 Å². The number of fused-ring (bicyclic) bond motifs is 1. The van der Waals surface area contributed by atoms with Crippen molar-refractivity contribution in [2.75, 3.05) is 20.4 Å². The summed E-state index contributed by atoms with van der Waals surface area (Å²) in [5.74, 6) is 1.16. The standard InChI is InChI=1S/C21H20N2O6/c1-3-10-27-17-7-4-15(5-8-17)13-22(2)21(24)9-6-16-11-19-20(29-14-28-19)12-18(16)23(25)26/h3-9,11-12H,1,10,13-14H2,2H3. The molecule has 2 aromatic rings. The van der Waals surface area contributed by atoms with Crippen LogP contribution in [0.1, 0.15) is 11.1 Å². The SMILES string of the molecule is C=CCOc1ccc(CN(C)C(=O)C=Cc2cc3c(cc2[N+](=O)[O-])OCO3)cc1. The predicted octanol–water partition coefficient (Wildman–Crippen LogP) is 3.56. The fourth-order valence-electron chi connectivity index (χ4n) is 2.72. The highest BCUT2D eigenvalue weighted by Crippen LogP contribution is 2.38. The van der Waals surface area contributed by atoms with Crippen LogP contribution in [0.4, 0.5) is 5.69 Å². The number of carbonyl (C=O) groups excluding carboxylic acids is 1. The van der Waals surface area contributed by atoms with E-state index < -0.39 is 4.92 Å². The van der Waals surface area contributed by atoms with Crippen LogP contribution in [0, 0.1) is 10.1 Å². The number of nitro benzene ring substituents is 1. The molecule has 0 atom stereocenters. The lowest BCUT2D eigenvalue weighted by Crippen LogP contribution is -2.24. The number of hydrogen-bond acceptors (Lipinski definition) is 6. The largest absolute Gasteiger partial charge is 0.490 e. The van der Waals surface area contributed by atoms with Gasteiger partial charge in [0.2, 0.25) is 12.7 Å². The maximum absolute atomic E-state index is 12.4. The number of benzene rings is 2. The Bertz CT molecular complexity index is 952. The number of amides is 1. The van der Waals surface area contributed by atoms with Gasteiger partial charge in [0.15, 0.2) is 11.5 Å². The Hall–Kier alpha value is -3.81. The van der Waals surface area contributed by atoms with Gasteiger partial charge in [0.05, 0.1) is 16.6 Å². The molecule has 0 unspecified atom stereocenters. The van der Waals surface area contributed by atoms with Crippen molar-refractivity contribution in [3.63, 3.8) is 0 Å². The number of likely N-dealkylation sites (N-methyl/N-ethyl adjacent to an activating group) is 1. The molecule has 2 aromatic carbocycles. The highest BCUT2D eigenvalue weighted by molar-refractivity contribution is 5.92. The molecular weight excluding hydrogens is 376 g/mol. The summed E-state index contributed by atoms with van der Waals surface area (Å²) in [4.78, 5) is 24.7. The van der Waals surface area contributed by atoms with Gasteiger partial charge in [-0.25, -0.2) is 0 Å². The fourth-order valence-corrected chi connectivity index (χ4v) is 2.72. The number of carbonyl (C=O) groups is 1. The van der Waals surface area contributed by atoms with E-state index in [4.69, 9.17) is 14.2 Å². The van der Waals surface area contributed by atoms with Crippen molar-refractivity contribution in [2.24, 2.45) is 0 Å². The highest BCUT2D eigenvalue weighted by atomic mass is 16.7. The second-order valence-corrected chi connectivity index (χ2v) is 6.29. The molecule has 1 heterocycles. The summed E-state index contributed by atoms with van der Waals surface area (Å²) in [5.41, 5.74) is 1.04. The van der Waals surface area contributed by atoms with Gasteiger partial charge in [0.25, 0.3) is 5.69 Å². The van der Waals surface area contributed by atoms with E-state index >= 15 is 0 Å².